The highest BCUT2D eigenvalue weighted by Crippen LogP contribution is 2.06. The standard InChI is InChI=1S/C8H10O5.C2H6/c1-3-7(9)11-4-6-5(2)12-8(10)13-6;1-2/h3-4H2,1-2H3;1-2H3. The maximum atomic E-state index is 10.7. The quantitative estimate of drug-likeness (QED) is 0.723. The van der Waals surface area contributed by atoms with Crippen molar-refractivity contribution < 1.29 is 18.4 Å². The Hall–Kier alpha value is -1.52. The normalized spacial score (nSPS) is 9.07. The van der Waals surface area contributed by atoms with E-state index in [1.165, 1.54) is 0 Å². The molecule has 0 N–H and O–H groups in total. The van der Waals surface area contributed by atoms with Gasteiger partial charge in [-0.25, -0.2) is 4.79 Å². The fourth-order valence-electron chi connectivity index (χ4n) is 0.754. The first-order valence-corrected chi connectivity index (χ1v) is 4.88. The van der Waals surface area contributed by atoms with Gasteiger partial charge in [0.1, 0.15) is 0 Å². The van der Waals surface area contributed by atoms with E-state index in [0.717, 1.165) is 0 Å². The molecule has 0 aliphatic carbocycles. The van der Waals surface area contributed by atoms with Gasteiger partial charge in [-0.15, -0.1) is 0 Å². The molecule has 1 aromatic rings. The monoisotopic (exact) mass is 216 g/mol. The Kier molecular flexibility index (Phi) is 6.17. The van der Waals surface area contributed by atoms with Crippen LogP contribution < -0.4 is 5.82 Å². The Bertz CT molecular complexity index is 347. The van der Waals surface area contributed by atoms with E-state index in [-0.39, 0.29) is 18.3 Å². The van der Waals surface area contributed by atoms with Crippen LogP contribution in [0.25, 0.3) is 0 Å². The van der Waals surface area contributed by atoms with Crippen molar-refractivity contribution >= 4 is 5.97 Å². The summed E-state index contributed by atoms with van der Waals surface area (Å²) >= 11 is 0. The van der Waals surface area contributed by atoms with Gasteiger partial charge in [0.05, 0.1) is 0 Å². The second-order valence-corrected chi connectivity index (χ2v) is 2.45. The molecule has 0 saturated carbocycles. The molecule has 0 saturated heterocycles. The van der Waals surface area contributed by atoms with Gasteiger partial charge in [-0.3, -0.25) is 4.79 Å². The van der Waals surface area contributed by atoms with Crippen molar-refractivity contribution in [2.75, 3.05) is 0 Å². The van der Waals surface area contributed by atoms with Crippen LogP contribution in [0.1, 0.15) is 38.7 Å². The second kappa shape index (κ2) is 6.86. The SMILES string of the molecule is CC.CCC(=O)OCc1oc(=O)oc1C. The molecule has 0 fully saturated rings. The van der Waals surface area contributed by atoms with Crippen LogP contribution in [0.4, 0.5) is 0 Å². The Morgan fingerprint density at radius 1 is 1.33 bits per heavy atom. The fourth-order valence-corrected chi connectivity index (χ4v) is 0.754. The molecule has 0 unspecified atom stereocenters. The molecule has 1 aromatic heterocycles. The summed E-state index contributed by atoms with van der Waals surface area (Å²) in [7, 11) is 0. The average molecular weight is 216 g/mol. The van der Waals surface area contributed by atoms with Gasteiger partial charge >= 0.3 is 11.8 Å². The molecule has 86 valence electrons. The zero-order chi connectivity index (χ0) is 11.8. The van der Waals surface area contributed by atoms with Crippen LogP contribution in [-0.4, -0.2) is 5.97 Å². The lowest BCUT2D eigenvalue weighted by atomic mass is 10.4. The summed E-state index contributed by atoms with van der Waals surface area (Å²) < 4.78 is 13.9. The summed E-state index contributed by atoms with van der Waals surface area (Å²) in [6.45, 7) is 7.20. The van der Waals surface area contributed by atoms with Gasteiger partial charge in [-0.1, -0.05) is 20.8 Å². The van der Waals surface area contributed by atoms with Crippen molar-refractivity contribution in [3.8, 4) is 0 Å². The molecule has 0 aliphatic rings. The minimum atomic E-state index is -0.778. The molecule has 0 atom stereocenters. The van der Waals surface area contributed by atoms with Crippen LogP contribution >= 0.6 is 0 Å². The molecule has 5 heteroatoms. The Balaban J connectivity index is 0.000000921. The first kappa shape index (κ1) is 13.5. The number of esters is 1. The Morgan fingerprint density at radius 2 is 1.93 bits per heavy atom. The van der Waals surface area contributed by atoms with Crippen molar-refractivity contribution in [3.05, 3.63) is 22.1 Å². The first-order valence-electron chi connectivity index (χ1n) is 4.88. The highest BCUT2D eigenvalue weighted by Gasteiger charge is 2.09. The highest BCUT2D eigenvalue weighted by molar-refractivity contribution is 5.68. The van der Waals surface area contributed by atoms with Gasteiger partial charge in [0, 0.05) is 6.42 Å². The first-order chi connectivity index (χ1) is 7.13. The number of carbonyl (C=O) groups excluding carboxylic acids is 1. The van der Waals surface area contributed by atoms with Gasteiger partial charge in [0.25, 0.3) is 0 Å². The van der Waals surface area contributed by atoms with Crippen molar-refractivity contribution in [2.45, 2.75) is 40.7 Å². The van der Waals surface area contributed by atoms with Crippen LogP contribution in [0.3, 0.4) is 0 Å². The number of hydrogen-bond donors (Lipinski definition) is 0. The van der Waals surface area contributed by atoms with Crippen molar-refractivity contribution in [1.82, 2.24) is 0 Å². The number of carbonyl (C=O) groups is 1. The summed E-state index contributed by atoms with van der Waals surface area (Å²) in [4.78, 5) is 21.3. The van der Waals surface area contributed by atoms with Crippen molar-refractivity contribution in [3.63, 3.8) is 0 Å². The van der Waals surface area contributed by atoms with E-state index in [1.807, 2.05) is 13.8 Å². The van der Waals surface area contributed by atoms with E-state index < -0.39 is 5.82 Å². The summed E-state index contributed by atoms with van der Waals surface area (Å²) in [6.07, 6.45) is 0.293. The van der Waals surface area contributed by atoms with Crippen LogP contribution in [0.2, 0.25) is 0 Å². The molecule has 1 heterocycles. The smallest absolute Gasteiger partial charge is 0.457 e. The third-order valence-electron chi connectivity index (χ3n) is 1.49. The maximum Gasteiger partial charge on any atom is 0.519 e. The number of rotatable bonds is 3. The summed E-state index contributed by atoms with van der Waals surface area (Å²) in [5.41, 5.74) is 0. The number of hydrogen-bond acceptors (Lipinski definition) is 5. The molecule has 0 aromatic carbocycles. The molecule has 5 nitrogen and oxygen atoms in total. The molecular weight excluding hydrogens is 200 g/mol. The van der Waals surface area contributed by atoms with Gasteiger partial charge in [-0.2, -0.15) is 0 Å². The number of ether oxygens (including phenoxy) is 1. The molecule has 0 bridgehead atoms. The molecule has 0 amide bonds. The summed E-state index contributed by atoms with van der Waals surface area (Å²) in [5.74, 6) is -0.524. The second-order valence-electron chi connectivity index (χ2n) is 2.45. The molecular formula is C10H16O5. The van der Waals surface area contributed by atoms with Crippen molar-refractivity contribution in [2.24, 2.45) is 0 Å². The largest absolute Gasteiger partial charge is 0.519 e. The van der Waals surface area contributed by atoms with Gasteiger partial charge in [0.2, 0.25) is 0 Å². The van der Waals surface area contributed by atoms with Gasteiger partial charge in [-0.05, 0) is 6.92 Å². The van der Waals surface area contributed by atoms with Crippen molar-refractivity contribution in [1.29, 1.82) is 0 Å². The molecule has 15 heavy (non-hydrogen) atoms. The highest BCUT2D eigenvalue weighted by atomic mass is 16.6. The van der Waals surface area contributed by atoms with Crippen LogP contribution in [-0.2, 0) is 16.1 Å². The maximum absolute atomic E-state index is 10.7. The van der Waals surface area contributed by atoms with Gasteiger partial charge < -0.3 is 13.6 Å². The Labute approximate surface area is 88.0 Å². The van der Waals surface area contributed by atoms with E-state index in [0.29, 0.717) is 12.2 Å². The minimum Gasteiger partial charge on any atom is -0.457 e. The predicted molar refractivity (Wildman–Crippen MR) is 53.4 cm³/mol. The lowest BCUT2D eigenvalue weighted by Gasteiger charge is -1.98. The molecule has 1 rings (SSSR count). The van der Waals surface area contributed by atoms with E-state index in [1.54, 1.807) is 13.8 Å². The fraction of sp³-hybridized carbons (Fsp3) is 0.600. The molecule has 0 aliphatic heterocycles. The topological polar surface area (TPSA) is 69.7 Å². The van der Waals surface area contributed by atoms with E-state index in [2.05, 4.69) is 8.83 Å². The lowest BCUT2D eigenvalue weighted by Crippen LogP contribution is -2.02. The third kappa shape index (κ3) is 4.49. The molecule has 0 spiro atoms. The minimum absolute atomic E-state index is 0.0513. The lowest BCUT2D eigenvalue weighted by molar-refractivity contribution is -0.145. The van der Waals surface area contributed by atoms with Crippen LogP contribution in [0, 0.1) is 6.92 Å². The number of aryl methyl sites for hydroxylation is 1. The van der Waals surface area contributed by atoms with E-state index in [9.17, 15) is 9.59 Å². The van der Waals surface area contributed by atoms with Gasteiger partial charge in [0.15, 0.2) is 18.1 Å². The zero-order valence-corrected chi connectivity index (χ0v) is 9.46. The third-order valence-corrected chi connectivity index (χ3v) is 1.49. The van der Waals surface area contributed by atoms with E-state index >= 15 is 0 Å². The zero-order valence-electron chi connectivity index (χ0n) is 9.46. The summed E-state index contributed by atoms with van der Waals surface area (Å²) in [5, 5.41) is 0. The predicted octanol–water partition coefficient (Wildman–Crippen LogP) is 2.02. The van der Waals surface area contributed by atoms with Crippen LogP contribution in [0.15, 0.2) is 13.6 Å². The Morgan fingerprint density at radius 3 is 2.33 bits per heavy atom. The molecule has 0 radical (unpaired) electrons. The average Bonchev–Trinajstić information content (AvgIpc) is 2.57. The summed E-state index contributed by atoms with van der Waals surface area (Å²) in [6, 6.07) is 0. The van der Waals surface area contributed by atoms with Crippen LogP contribution in [0.5, 0.6) is 0 Å². The van der Waals surface area contributed by atoms with E-state index in [4.69, 9.17) is 4.74 Å².